The van der Waals surface area contributed by atoms with Gasteiger partial charge in [0.1, 0.15) is 0 Å². The molecule has 110 valence electrons. The Kier molecular flexibility index (Phi) is 5.36. The van der Waals surface area contributed by atoms with Crippen LogP contribution in [-0.2, 0) is 20.7 Å². The quantitative estimate of drug-likeness (QED) is 0.858. The molecule has 0 fully saturated rings. The van der Waals surface area contributed by atoms with Crippen molar-refractivity contribution in [1.29, 1.82) is 0 Å². The Hall–Kier alpha value is -1.85. The topological polar surface area (TPSA) is 55.4 Å². The molecule has 1 aromatic carbocycles. The summed E-state index contributed by atoms with van der Waals surface area (Å²) in [5.41, 5.74) is 2.39. The first-order chi connectivity index (χ1) is 10.0. The van der Waals surface area contributed by atoms with Gasteiger partial charge in [-0.05, 0) is 47.0 Å². The molecule has 0 aliphatic heterocycles. The minimum absolute atomic E-state index is 0.174. The Morgan fingerprint density at radius 2 is 2.14 bits per heavy atom. The van der Waals surface area contributed by atoms with Crippen molar-refractivity contribution in [3.63, 3.8) is 0 Å². The van der Waals surface area contributed by atoms with E-state index >= 15 is 0 Å². The van der Waals surface area contributed by atoms with E-state index in [9.17, 15) is 9.59 Å². The number of ether oxygens (including phenoxy) is 1. The number of amides is 1. The zero-order valence-electron chi connectivity index (χ0n) is 11.4. The maximum Gasteiger partial charge on any atom is 0.310 e. The second-order valence-corrected chi connectivity index (χ2v) is 5.67. The molecule has 6 heteroatoms. The third-order valence-corrected chi connectivity index (χ3v) is 3.89. The number of hydrogen-bond acceptors (Lipinski definition) is 4. The molecule has 1 amide bonds. The fraction of sp³-hybridized carbons (Fsp3) is 0.200. The standard InChI is InChI=1S/C15H14ClNO3S/c1-10-2-3-12(7-13(10)16)17-14(18)8-20-15(19)6-11-4-5-21-9-11/h2-5,7,9H,6,8H2,1H3,(H,17,18). The van der Waals surface area contributed by atoms with Gasteiger partial charge in [-0.2, -0.15) is 11.3 Å². The lowest BCUT2D eigenvalue weighted by Gasteiger charge is -2.07. The van der Waals surface area contributed by atoms with Crippen molar-refractivity contribution in [3.8, 4) is 0 Å². The zero-order chi connectivity index (χ0) is 15.2. The summed E-state index contributed by atoms with van der Waals surface area (Å²) in [5.74, 6) is -0.820. The number of benzene rings is 1. The van der Waals surface area contributed by atoms with Crippen molar-refractivity contribution in [2.45, 2.75) is 13.3 Å². The minimum atomic E-state index is -0.425. The normalized spacial score (nSPS) is 10.2. The molecule has 0 unspecified atom stereocenters. The van der Waals surface area contributed by atoms with Crippen LogP contribution in [0.2, 0.25) is 5.02 Å². The molecule has 0 saturated heterocycles. The molecule has 0 bridgehead atoms. The van der Waals surface area contributed by atoms with Gasteiger partial charge in [-0.3, -0.25) is 9.59 Å². The molecule has 2 aromatic rings. The van der Waals surface area contributed by atoms with E-state index in [4.69, 9.17) is 16.3 Å². The van der Waals surface area contributed by atoms with Crippen molar-refractivity contribution < 1.29 is 14.3 Å². The predicted octanol–water partition coefficient (Wildman–Crippen LogP) is 3.43. The number of carbonyl (C=O) groups excluding carboxylic acids is 2. The summed E-state index contributed by atoms with van der Waals surface area (Å²) in [5, 5.41) is 6.95. The Bertz CT molecular complexity index is 640. The van der Waals surface area contributed by atoms with Crippen LogP contribution in [0.3, 0.4) is 0 Å². The van der Waals surface area contributed by atoms with Gasteiger partial charge >= 0.3 is 5.97 Å². The number of esters is 1. The van der Waals surface area contributed by atoms with Gasteiger partial charge in [-0.1, -0.05) is 17.7 Å². The number of nitrogens with one attached hydrogen (secondary N) is 1. The first-order valence-electron chi connectivity index (χ1n) is 6.27. The van der Waals surface area contributed by atoms with Crippen molar-refractivity contribution in [3.05, 3.63) is 51.2 Å². The summed E-state index contributed by atoms with van der Waals surface area (Å²) in [6, 6.07) is 7.05. The predicted molar refractivity (Wildman–Crippen MR) is 83.8 cm³/mol. The molecule has 0 spiro atoms. The molecular weight excluding hydrogens is 310 g/mol. The third kappa shape index (κ3) is 4.88. The highest BCUT2D eigenvalue weighted by atomic mass is 35.5. The van der Waals surface area contributed by atoms with Crippen molar-refractivity contribution in [2.24, 2.45) is 0 Å². The third-order valence-electron chi connectivity index (χ3n) is 2.75. The maximum atomic E-state index is 11.7. The molecule has 4 nitrogen and oxygen atoms in total. The van der Waals surface area contributed by atoms with Crippen LogP contribution >= 0.6 is 22.9 Å². The van der Waals surface area contributed by atoms with Gasteiger partial charge in [0.15, 0.2) is 6.61 Å². The van der Waals surface area contributed by atoms with Crippen LogP contribution in [0.15, 0.2) is 35.0 Å². The molecule has 21 heavy (non-hydrogen) atoms. The van der Waals surface area contributed by atoms with Crippen LogP contribution in [-0.4, -0.2) is 18.5 Å². The van der Waals surface area contributed by atoms with E-state index in [1.807, 2.05) is 23.8 Å². The molecular formula is C15H14ClNO3S. The van der Waals surface area contributed by atoms with Crippen LogP contribution < -0.4 is 5.32 Å². The summed E-state index contributed by atoms with van der Waals surface area (Å²) >= 11 is 7.48. The Morgan fingerprint density at radius 1 is 1.33 bits per heavy atom. The lowest BCUT2D eigenvalue weighted by Crippen LogP contribution is -2.21. The Labute approximate surface area is 131 Å². The maximum absolute atomic E-state index is 11.7. The van der Waals surface area contributed by atoms with Crippen molar-refractivity contribution in [1.82, 2.24) is 0 Å². The van der Waals surface area contributed by atoms with E-state index in [1.54, 1.807) is 18.2 Å². The number of anilines is 1. The molecule has 0 saturated carbocycles. The fourth-order valence-corrected chi connectivity index (χ4v) is 2.47. The second kappa shape index (κ2) is 7.24. The van der Waals surface area contributed by atoms with Gasteiger partial charge in [0.05, 0.1) is 6.42 Å². The summed E-state index contributed by atoms with van der Waals surface area (Å²) in [4.78, 5) is 23.2. The van der Waals surface area contributed by atoms with Crippen molar-refractivity contribution >= 4 is 40.5 Å². The summed E-state index contributed by atoms with van der Waals surface area (Å²) in [7, 11) is 0. The largest absolute Gasteiger partial charge is 0.455 e. The van der Waals surface area contributed by atoms with Crippen LogP contribution in [0, 0.1) is 6.92 Å². The van der Waals surface area contributed by atoms with E-state index in [0.717, 1.165) is 11.1 Å². The lowest BCUT2D eigenvalue weighted by atomic mass is 10.2. The lowest BCUT2D eigenvalue weighted by molar-refractivity contribution is -0.146. The van der Waals surface area contributed by atoms with Gasteiger partial charge in [0.2, 0.25) is 0 Å². The Morgan fingerprint density at radius 3 is 2.81 bits per heavy atom. The molecule has 0 atom stereocenters. The first-order valence-corrected chi connectivity index (χ1v) is 7.59. The van der Waals surface area contributed by atoms with Crippen LogP contribution in [0.25, 0.3) is 0 Å². The molecule has 1 heterocycles. The highest BCUT2D eigenvalue weighted by Crippen LogP contribution is 2.19. The van der Waals surface area contributed by atoms with E-state index in [-0.39, 0.29) is 13.0 Å². The van der Waals surface area contributed by atoms with E-state index in [1.165, 1.54) is 11.3 Å². The first kappa shape index (κ1) is 15.5. The number of carbonyl (C=O) groups is 2. The van der Waals surface area contributed by atoms with Gasteiger partial charge in [-0.15, -0.1) is 0 Å². The highest BCUT2D eigenvalue weighted by molar-refractivity contribution is 7.07. The molecule has 0 radical (unpaired) electrons. The fourth-order valence-electron chi connectivity index (χ4n) is 1.62. The van der Waals surface area contributed by atoms with Gasteiger partial charge in [-0.25, -0.2) is 0 Å². The van der Waals surface area contributed by atoms with Gasteiger partial charge in [0, 0.05) is 10.7 Å². The number of thiophene rings is 1. The molecule has 1 N–H and O–H groups in total. The second-order valence-electron chi connectivity index (χ2n) is 4.48. The smallest absolute Gasteiger partial charge is 0.310 e. The van der Waals surface area contributed by atoms with Gasteiger partial charge in [0.25, 0.3) is 5.91 Å². The number of hydrogen-bond donors (Lipinski definition) is 1. The number of rotatable bonds is 5. The van der Waals surface area contributed by atoms with E-state index in [0.29, 0.717) is 10.7 Å². The summed E-state index contributed by atoms with van der Waals surface area (Å²) in [6.45, 7) is 1.56. The molecule has 1 aromatic heterocycles. The highest BCUT2D eigenvalue weighted by Gasteiger charge is 2.09. The monoisotopic (exact) mass is 323 g/mol. The summed E-state index contributed by atoms with van der Waals surface area (Å²) < 4.78 is 4.92. The molecule has 2 rings (SSSR count). The van der Waals surface area contributed by atoms with Crippen LogP contribution in [0.4, 0.5) is 5.69 Å². The number of halogens is 1. The minimum Gasteiger partial charge on any atom is -0.455 e. The Balaban J connectivity index is 1.79. The van der Waals surface area contributed by atoms with Crippen LogP contribution in [0.5, 0.6) is 0 Å². The SMILES string of the molecule is Cc1ccc(NC(=O)COC(=O)Cc2ccsc2)cc1Cl. The molecule has 0 aliphatic rings. The van der Waals surface area contributed by atoms with Crippen LogP contribution in [0.1, 0.15) is 11.1 Å². The summed E-state index contributed by atoms with van der Waals surface area (Å²) in [6.07, 6.45) is 0.174. The van der Waals surface area contributed by atoms with Gasteiger partial charge < -0.3 is 10.1 Å². The average molecular weight is 324 g/mol. The molecule has 0 aliphatic carbocycles. The average Bonchev–Trinajstić information content (AvgIpc) is 2.93. The van der Waals surface area contributed by atoms with E-state index in [2.05, 4.69) is 5.32 Å². The van der Waals surface area contributed by atoms with E-state index < -0.39 is 11.9 Å². The van der Waals surface area contributed by atoms with Crippen molar-refractivity contribution in [2.75, 3.05) is 11.9 Å². The zero-order valence-corrected chi connectivity index (χ0v) is 13.0. The number of aryl methyl sites for hydroxylation is 1.